The summed E-state index contributed by atoms with van der Waals surface area (Å²) in [6.07, 6.45) is 2.25. The van der Waals surface area contributed by atoms with Crippen molar-refractivity contribution < 1.29 is 19.2 Å². The van der Waals surface area contributed by atoms with Gasteiger partial charge in [-0.3, -0.25) is 4.79 Å². The first-order valence-corrected chi connectivity index (χ1v) is 6.40. The normalized spacial score (nSPS) is 12.1. The molecule has 0 aliphatic carbocycles. The third-order valence-corrected chi connectivity index (χ3v) is 2.72. The van der Waals surface area contributed by atoms with E-state index in [2.05, 4.69) is 10.5 Å². The van der Waals surface area contributed by atoms with Crippen LogP contribution in [0.15, 0.2) is 10.6 Å². The molecule has 17 heavy (non-hydrogen) atoms. The van der Waals surface area contributed by atoms with Crippen LogP contribution in [0.3, 0.4) is 0 Å². The van der Waals surface area contributed by atoms with Crippen molar-refractivity contribution in [2.75, 3.05) is 12.0 Å². The molecule has 0 saturated carbocycles. The maximum Gasteiger partial charge on any atom is 0.326 e. The van der Waals surface area contributed by atoms with E-state index < -0.39 is 17.9 Å². The minimum absolute atomic E-state index is 0.0953. The number of hydrogen-bond donors (Lipinski definition) is 2. The van der Waals surface area contributed by atoms with Crippen molar-refractivity contribution in [2.24, 2.45) is 0 Å². The summed E-state index contributed by atoms with van der Waals surface area (Å²) >= 11 is 1.53. The van der Waals surface area contributed by atoms with Crippen molar-refractivity contribution in [1.29, 1.82) is 0 Å². The predicted octanol–water partition coefficient (Wildman–Crippen LogP) is 0.919. The lowest BCUT2D eigenvalue weighted by Gasteiger charge is -2.12. The highest BCUT2D eigenvalue weighted by molar-refractivity contribution is 7.98. The van der Waals surface area contributed by atoms with E-state index in [4.69, 9.17) is 9.63 Å². The van der Waals surface area contributed by atoms with Gasteiger partial charge in [-0.1, -0.05) is 5.16 Å². The number of carboxylic acid groups (broad SMARTS) is 1. The predicted molar refractivity (Wildman–Crippen MR) is 63.1 cm³/mol. The molecule has 0 aromatic carbocycles. The Morgan fingerprint density at radius 2 is 2.35 bits per heavy atom. The third kappa shape index (κ3) is 4.10. The molecule has 1 atom stereocenters. The smallest absolute Gasteiger partial charge is 0.326 e. The Morgan fingerprint density at radius 3 is 2.82 bits per heavy atom. The van der Waals surface area contributed by atoms with Crippen LogP contribution in [0.1, 0.15) is 22.7 Å². The maximum absolute atomic E-state index is 11.6. The number of aliphatic carboxylic acids is 1. The minimum Gasteiger partial charge on any atom is -0.480 e. The van der Waals surface area contributed by atoms with E-state index in [1.165, 1.54) is 17.8 Å². The van der Waals surface area contributed by atoms with Crippen LogP contribution < -0.4 is 5.32 Å². The molecule has 1 aromatic heterocycles. The van der Waals surface area contributed by atoms with Crippen molar-refractivity contribution in [2.45, 2.75) is 19.4 Å². The summed E-state index contributed by atoms with van der Waals surface area (Å²) in [7, 11) is 0. The van der Waals surface area contributed by atoms with E-state index in [9.17, 15) is 9.59 Å². The van der Waals surface area contributed by atoms with Crippen molar-refractivity contribution in [1.82, 2.24) is 10.5 Å². The maximum atomic E-state index is 11.6. The van der Waals surface area contributed by atoms with Gasteiger partial charge in [0.1, 0.15) is 11.8 Å². The van der Waals surface area contributed by atoms with Crippen molar-refractivity contribution in [3.05, 3.63) is 17.5 Å². The fraction of sp³-hybridized carbons (Fsp3) is 0.500. The van der Waals surface area contributed by atoms with Gasteiger partial charge in [-0.05, 0) is 25.4 Å². The fourth-order valence-corrected chi connectivity index (χ4v) is 1.67. The number of carbonyl (C=O) groups is 2. The van der Waals surface area contributed by atoms with E-state index in [1.807, 2.05) is 6.26 Å². The standard InChI is InChI=1S/C10H14N2O4S/c1-6-5-8(12-16-6)9(13)11-7(10(14)15)3-4-17-2/h5,7H,3-4H2,1-2H3,(H,11,13)(H,14,15)/t7-/m1/s1. The van der Waals surface area contributed by atoms with Gasteiger partial charge in [-0.2, -0.15) is 11.8 Å². The topological polar surface area (TPSA) is 92.4 Å². The number of thioether (sulfide) groups is 1. The molecule has 0 aliphatic heterocycles. The van der Waals surface area contributed by atoms with Gasteiger partial charge in [-0.15, -0.1) is 0 Å². The number of hydrogen-bond acceptors (Lipinski definition) is 5. The number of nitrogens with one attached hydrogen (secondary N) is 1. The molecular weight excluding hydrogens is 244 g/mol. The minimum atomic E-state index is -1.05. The Balaban J connectivity index is 2.60. The molecule has 7 heteroatoms. The van der Waals surface area contributed by atoms with Crippen molar-refractivity contribution >= 4 is 23.6 Å². The molecule has 1 aromatic rings. The molecule has 0 bridgehead atoms. The quantitative estimate of drug-likeness (QED) is 0.788. The van der Waals surface area contributed by atoms with E-state index in [-0.39, 0.29) is 5.69 Å². The van der Waals surface area contributed by atoms with E-state index in [0.717, 1.165) is 0 Å². The first-order chi connectivity index (χ1) is 8.04. The van der Waals surface area contributed by atoms with Crippen LogP contribution in [0.4, 0.5) is 0 Å². The average Bonchev–Trinajstić information content (AvgIpc) is 2.70. The molecule has 1 amide bonds. The average molecular weight is 258 g/mol. The molecule has 0 radical (unpaired) electrons. The van der Waals surface area contributed by atoms with Crippen LogP contribution in [0.2, 0.25) is 0 Å². The number of aromatic nitrogens is 1. The highest BCUT2D eigenvalue weighted by atomic mass is 32.2. The number of aryl methyl sites for hydroxylation is 1. The Morgan fingerprint density at radius 1 is 1.65 bits per heavy atom. The van der Waals surface area contributed by atoms with Crippen LogP contribution >= 0.6 is 11.8 Å². The van der Waals surface area contributed by atoms with Gasteiger partial charge in [0.25, 0.3) is 5.91 Å². The van der Waals surface area contributed by atoms with Crippen LogP contribution in [-0.4, -0.2) is 40.2 Å². The Hall–Kier alpha value is -1.50. The molecule has 94 valence electrons. The lowest BCUT2D eigenvalue weighted by atomic mass is 10.2. The highest BCUT2D eigenvalue weighted by Crippen LogP contribution is 2.05. The van der Waals surface area contributed by atoms with Gasteiger partial charge in [0, 0.05) is 6.07 Å². The summed E-state index contributed by atoms with van der Waals surface area (Å²) in [5.74, 6) is -0.413. The lowest BCUT2D eigenvalue weighted by Crippen LogP contribution is -2.41. The molecule has 6 nitrogen and oxygen atoms in total. The molecular formula is C10H14N2O4S. The zero-order valence-electron chi connectivity index (χ0n) is 9.60. The Labute approximate surface area is 103 Å². The van der Waals surface area contributed by atoms with Gasteiger partial charge in [0.05, 0.1) is 0 Å². The van der Waals surface area contributed by atoms with Crippen molar-refractivity contribution in [3.63, 3.8) is 0 Å². The molecule has 0 saturated heterocycles. The highest BCUT2D eigenvalue weighted by Gasteiger charge is 2.21. The number of carbonyl (C=O) groups excluding carboxylic acids is 1. The Bertz CT molecular complexity index is 405. The molecule has 0 unspecified atom stereocenters. The van der Waals surface area contributed by atoms with E-state index in [1.54, 1.807) is 6.92 Å². The van der Waals surface area contributed by atoms with Gasteiger partial charge >= 0.3 is 5.97 Å². The van der Waals surface area contributed by atoms with Crippen LogP contribution in [0.25, 0.3) is 0 Å². The number of nitrogens with zero attached hydrogens (tertiary/aromatic N) is 1. The zero-order chi connectivity index (χ0) is 12.8. The SMILES string of the molecule is CSCC[C@@H](NC(=O)c1cc(C)on1)C(=O)O. The summed E-state index contributed by atoms with van der Waals surface area (Å²) < 4.78 is 4.75. The fourth-order valence-electron chi connectivity index (χ4n) is 1.20. The van der Waals surface area contributed by atoms with Gasteiger partial charge in [0.15, 0.2) is 5.69 Å². The number of rotatable bonds is 6. The number of carboxylic acids is 1. The summed E-state index contributed by atoms with van der Waals surface area (Å²) in [6.45, 7) is 1.66. The monoisotopic (exact) mass is 258 g/mol. The number of amides is 1. The third-order valence-electron chi connectivity index (χ3n) is 2.07. The lowest BCUT2D eigenvalue weighted by molar-refractivity contribution is -0.139. The van der Waals surface area contributed by atoms with E-state index in [0.29, 0.717) is 17.9 Å². The van der Waals surface area contributed by atoms with E-state index >= 15 is 0 Å². The molecule has 2 N–H and O–H groups in total. The van der Waals surface area contributed by atoms with Crippen molar-refractivity contribution in [3.8, 4) is 0 Å². The van der Waals surface area contributed by atoms with Gasteiger partial charge in [0.2, 0.25) is 0 Å². The van der Waals surface area contributed by atoms with Crippen LogP contribution in [0.5, 0.6) is 0 Å². The second kappa shape index (κ2) is 6.29. The first-order valence-electron chi connectivity index (χ1n) is 5.00. The summed E-state index contributed by atoms with van der Waals surface area (Å²) in [6, 6.07) is 0.565. The summed E-state index contributed by atoms with van der Waals surface area (Å²) in [5.41, 5.74) is 0.0953. The summed E-state index contributed by atoms with van der Waals surface area (Å²) in [5, 5.41) is 14.9. The van der Waals surface area contributed by atoms with Crippen LogP contribution in [-0.2, 0) is 4.79 Å². The largest absolute Gasteiger partial charge is 0.480 e. The first kappa shape index (κ1) is 13.6. The molecule has 1 rings (SSSR count). The van der Waals surface area contributed by atoms with Gasteiger partial charge < -0.3 is 14.9 Å². The second-order valence-corrected chi connectivity index (χ2v) is 4.45. The molecule has 0 fully saturated rings. The summed E-state index contributed by atoms with van der Waals surface area (Å²) in [4.78, 5) is 22.5. The molecule has 0 spiro atoms. The van der Waals surface area contributed by atoms with Gasteiger partial charge in [-0.25, -0.2) is 4.79 Å². The molecule has 0 aliphatic rings. The second-order valence-electron chi connectivity index (χ2n) is 3.47. The van der Waals surface area contributed by atoms with Crippen LogP contribution in [0, 0.1) is 6.92 Å². The molecule has 1 heterocycles. The zero-order valence-corrected chi connectivity index (χ0v) is 10.4. The Kier molecular flexibility index (Phi) is 5.02.